The predicted molar refractivity (Wildman–Crippen MR) is 54.4 cm³/mol. The summed E-state index contributed by atoms with van der Waals surface area (Å²) in [4.78, 5) is 34.2. The van der Waals surface area contributed by atoms with Gasteiger partial charge < -0.3 is 5.11 Å². The maximum absolute atomic E-state index is 11.6. The lowest BCUT2D eigenvalue weighted by atomic mass is 9.65. The number of hydrogen-bond acceptors (Lipinski definition) is 3. The highest BCUT2D eigenvalue weighted by Gasteiger charge is 2.52. The summed E-state index contributed by atoms with van der Waals surface area (Å²) >= 11 is 0. The van der Waals surface area contributed by atoms with Gasteiger partial charge in [0, 0.05) is 6.42 Å². The quantitative estimate of drug-likeness (QED) is 0.677. The molecule has 0 spiro atoms. The fourth-order valence-electron chi connectivity index (χ4n) is 2.89. The van der Waals surface area contributed by atoms with Gasteiger partial charge in [-0.2, -0.15) is 0 Å². The van der Waals surface area contributed by atoms with Crippen molar-refractivity contribution >= 4 is 17.8 Å². The van der Waals surface area contributed by atoms with Crippen LogP contribution in [0.4, 0.5) is 0 Å². The molecule has 2 rings (SSSR count). The van der Waals surface area contributed by atoms with E-state index in [-0.39, 0.29) is 12.3 Å². The van der Waals surface area contributed by atoms with Gasteiger partial charge in [0.05, 0.1) is 11.3 Å². The minimum absolute atomic E-state index is 0.0329. The van der Waals surface area contributed by atoms with Gasteiger partial charge in [-0.15, -0.1) is 0 Å². The number of carboxylic acids is 1. The molecule has 0 aromatic carbocycles. The van der Waals surface area contributed by atoms with Crippen molar-refractivity contribution < 1.29 is 19.5 Å². The van der Waals surface area contributed by atoms with Crippen LogP contribution in [0.15, 0.2) is 0 Å². The van der Waals surface area contributed by atoms with E-state index in [0.29, 0.717) is 12.8 Å². The maximum atomic E-state index is 11.6. The fraction of sp³-hybridized carbons (Fsp3) is 0.727. The van der Waals surface area contributed by atoms with Crippen LogP contribution in [0.5, 0.6) is 0 Å². The van der Waals surface area contributed by atoms with E-state index in [1.165, 1.54) is 0 Å². The second kappa shape index (κ2) is 3.88. The Labute approximate surface area is 93.2 Å². The lowest BCUT2D eigenvalue weighted by Crippen LogP contribution is -2.43. The first-order valence-electron chi connectivity index (χ1n) is 5.63. The van der Waals surface area contributed by atoms with Crippen LogP contribution in [0.25, 0.3) is 0 Å². The van der Waals surface area contributed by atoms with Crippen LogP contribution in [-0.4, -0.2) is 22.9 Å². The largest absolute Gasteiger partial charge is 0.481 e. The van der Waals surface area contributed by atoms with Crippen LogP contribution >= 0.6 is 0 Å². The summed E-state index contributed by atoms with van der Waals surface area (Å²) in [5.41, 5.74) is -1.01. The number of carboxylic acid groups (broad SMARTS) is 1. The van der Waals surface area contributed by atoms with E-state index in [0.717, 1.165) is 19.3 Å². The molecule has 16 heavy (non-hydrogen) atoms. The van der Waals surface area contributed by atoms with Gasteiger partial charge in [0.15, 0.2) is 0 Å². The standard InChI is InChI=1S/C11H15NO4/c13-8-6-7(9(14)12-8)11(10(15)16)4-2-1-3-5-11/h7H,1-6H2,(H,15,16)(H,12,13,14)/t7-/m0/s1. The van der Waals surface area contributed by atoms with Crippen molar-refractivity contribution in [2.45, 2.75) is 38.5 Å². The third-order valence-corrected chi connectivity index (χ3v) is 3.81. The molecule has 1 saturated heterocycles. The molecule has 88 valence electrons. The monoisotopic (exact) mass is 225 g/mol. The number of hydrogen-bond donors (Lipinski definition) is 2. The molecule has 1 heterocycles. The smallest absolute Gasteiger partial charge is 0.310 e. The van der Waals surface area contributed by atoms with Gasteiger partial charge in [0.2, 0.25) is 11.8 Å². The number of carbonyl (C=O) groups excluding carboxylic acids is 2. The van der Waals surface area contributed by atoms with Gasteiger partial charge >= 0.3 is 5.97 Å². The van der Waals surface area contributed by atoms with E-state index in [1.807, 2.05) is 0 Å². The van der Waals surface area contributed by atoms with Crippen LogP contribution < -0.4 is 5.32 Å². The number of imide groups is 1. The summed E-state index contributed by atoms with van der Waals surface area (Å²) in [6, 6.07) is 0. The predicted octanol–water partition coefficient (Wildman–Crippen LogP) is 0.684. The molecular weight excluding hydrogens is 210 g/mol. The Bertz CT molecular complexity index is 344. The lowest BCUT2D eigenvalue weighted by molar-refractivity contribution is -0.158. The van der Waals surface area contributed by atoms with Gasteiger partial charge in [-0.1, -0.05) is 19.3 Å². The topological polar surface area (TPSA) is 83.5 Å². The Balaban J connectivity index is 2.28. The molecule has 1 atom stereocenters. The molecule has 5 heteroatoms. The maximum Gasteiger partial charge on any atom is 0.310 e. The van der Waals surface area contributed by atoms with Crippen LogP contribution in [0.3, 0.4) is 0 Å². The summed E-state index contributed by atoms with van der Waals surface area (Å²) in [5, 5.41) is 11.6. The minimum atomic E-state index is -1.01. The highest BCUT2D eigenvalue weighted by atomic mass is 16.4. The molecule has 1 saturated carbocycles. The summed E-state index contributed by atoms with van der Waals surface area (Å²) in [7, 11) is 0. The van der Waals surface area contributed by atoms with Crippen molar-refractivity contribution in [2.24, 2.45) is 11.3 Å². The Kier molecular flexibility index (Phi) is 2.69. The summed E-state index contributed by atoms with van der Waals surface area (Å²) in [6.07, 6.45) is 3.71. The zero-order valence-electron chi connectivity index (χ0n) is 8.99. The lowest BCUT2D eigenvalue weighted by Gasteiger charge is -2.36. The normalized spacial score (nSPS) is 28.9. The molecule has 0 aromatic heterocycles. The van der Waals surface area contributed by atoms with E-state index in [1.54, 1.807) is 0 Å². The molecule has 2 aliphatic rings. The second-order valence-corrected chi connectivity index (χ2v) is 4.69. The number of carbonyl (C=O) groups is 3. The van der Waals surface area contributed by atoms with E-state index in [2.05, 4.69) is 5.32 Å². The van der Waals surface area contributed by atoms with E-state index >= 15 is 0 Å². The number of rotatable bonds is 2. The minimum Gasteiger partial charge on any atom is -0.481 e. The van der Waals surface area contributed by atoms with Crippen molar-refractivity contribution in [3.63, 3.8) is 0 Å². The Morgan fingerprint density at radius 1 is 1.25 bits per heavy atom. The number of aliphatic carboxylic acids is 1. The van der Waals surface area contributed by atoms with Crippen LogP contribution in [0.1, 0.15) is 38.5 Å². The number of nitrogens with one attached hydrogen (secondary N) is 1. The molecule has 0 radical (unpaired) electrons. The average Bonchev–Trinajstić information content (AvgIpc) is 2.59. The first-order chi connectivity index (χ1) is 7.56. The van der Waals surface area contributed by atoms with Gasteiger partial charge in [-0.05, 0) is 12.8 Å². The fourth-order valence-corrected chi connectivity index (χ4v) is 2.89. The zero-order valence-corrected chi connectivity index (χ0v) is 8.99. The molecule has 0 unspecified atom stereocenters. The van der Waals surface area contributed by atoms with E-state index < -0.39 is 23.2 Å². The third-order valence-electron chi connectivity index (χ3n) is 3.81. The Morgan fingerprint density at radius 3 is 2.31 bits per heavy atom. The molecule has 0 bridgehead atoms. The summed E-state index contributed by atoms with van der Waals surface area (Å²) in [6.45, 7) is 0. The first kappa shape index (κ1) is 11.1. The third kappa shape index (κ3) is 1.60. The molecule has 2 fully saturated rings. The van der Waals surface area contributed by atoms with Crippen LogP contribution in [0.2, 0.25) is 0 Å². The Hall–Kier alpha value is -1.39. The van der Waals surface area contributed by atoms with Crippen molar-refractivity contribution in [3.8, 4) is 0 Å². The van der Waals surface area contributed by atoms with E-state index in [9.17, 15) is 19.5 Å². The molecule has 5 nitrogen and oxygen atoms in total. The van der Waals surface area contributed by atoms with Crippen molar-refractivity contribution in [1.29, 1.82) is 0 Å². The molecule has 1 aliphatic carbocycles. The SMILES string of the molecule is O=C1C[C@H](C2(C(=O)O)CCCCC2)C(=O)N1. The van der Waals surface area contributed by atoms with Crippen molar-refractivity contribution in [1.82, 2.24) is 5.32 Å². The number of amides is 2. The van der Waals surface area contributed by atoms with Crippen LogP contribution in [0, 0.1) is 11.3 Å². The van der Waals surface area contributed by atoms with Gasteiger partial charge in [-0.3, -0.25) is 19.7 Å². The molecule has 0 aromatic rings. The molecule has 2 N–H and O–H groups in total. The van der Waals surface area contributed by atoms with Crippen molar-refractivity contribution in [2.75, 3.05) is 0 Å². The highest BCUT2D eigenvalue weighted by molar-refractivity contribution is 6.05. The Morgan fingerprint density at radius 2 is 1.88 bits per heavy atom. The summed E-state index contributed by atoms with van der Waals surface area (Å²) in [5.74, 6) is -2.35. The highest BCUT2D eigenvalue weighted by Crippen LogP contribution is 2.45. The first-order valence-corrected chi connectivity index (χ1v) is 5.63. The molecule has 2 amide bonds. The van der Waals surface area contributed by atoms with Gasteiger partial charge in [-0.25, -0.2) is 0 Å². The van der Waals surface area contributed by atoms with Crippen LogP contribution in [-0.2, 0) is 14.4 Å². The summed E-state index contributed by atoms with van der Waals surface area (Å²) < 4.78 is 0. The zero-order chi connectivity index (χ0) is 11.8. The molecule has 1 aliphatic heterocycles. The second-order valence-electron chi connectivity index (χ2n) is 4.69. The van der Waals surface area contributed by atoms with Gasteiger partial charge in [0.1, 0.15) is 0 Å². The van der Waals surface area contributed by atoms with E-state index in [4.69, 9.17) is 0 Å². The average molecular weight is 225 g/mol. The molecular formula is C11H15NO4. The van der Waals surface area contributed by atoms with Gasteiger partial charge in [0.25, 0.3) is 0 Å². The van der Waals surface area contributed by atoms with Crippen molar-refractivity contribution in [3.05, 3.63) is 0 Å².